The van der Waals surface area contributed by atoms with Crippen LogP contribution in [0.3, 0.4) is 0 Å². The number of rotatable bonds is 6. The Bertz CT molecular complexity index is 3730. The standard InChI is InChI=1S/C57H36N4O2/c1-4-15-35(16-5-1)38-27-29-48-44(31-38)42-21-10-12-24-47(42)61(48)40-28-30-50-45(34-40)53-41(23-14-26-51(53)62-50)39-32-46(54-43-22-11-13-25-49(43)63-52(54)33-39)57-59-55(36-17-6-2-7-18-36)58-56(60-57)37-19-8-3-9-20-37/h1-13,15-25,27-34H,14,26H2. The summed E-state index contributed by atoms with van der Waals surface area (Å²) in [6.07, 6.45) is 4.01. The van der Waals surface area contributed by atoms with E-state index in [-0.39, 0.29) is 0 Å². The summed E-state index contributed by atoms with van der Waals surface area (Å²) in [4.78, 5) is 15.4. The Kier molecular flexibility index (Phi) is 7.93. The van der Waals surface area contributed by atoms with Crippen molar-refractivity contribution in [2.75, 3.05) is 0 Å². The summed E-state index contributed by atoms with van der Waals surface area (Å²) >= 11 is 0. The SMILES string of the molecule is C1=C(c2cc(-c3nc(-c4ccccc4)nc(-c4ccccc4)n3)c3c(c2)oc2ccccc23)c2c(oc3ccc(-n4c5ccccc5c5cc(-c6ccccc6)ccc54)cc23)CC1. The minimum Gasteiger partial charge on any atom is -0.460 e. The summed E-state index contributed by atoms with van der Waals surface area (Å²) in [6.45, 7) is 0. The molecule has 1 aliphatic rings. The van der Waals surface area contributed by atoms with Crippen LogP contribution in [0, 0.1) is 0 Å². The van der Waals surface area contributed by atoms with E-state index in [1.165, 1.54) is 21.9 Å². The van der Waals surface area contributed by atoms with Gasteiger partial charge in [-0.2, -0.15) is 0 Å². The van der Waals surface area contributed by atoms with E-state index < -0.39 is 0 Å². The molecule has 4 aromatic heterocycles. The number of benzene rings is 8. The third-order valence-electron chi connectivity index (χ3n) is 12.5. The normalized spacial score (nSPS) is 12.7. The number of furan rings is 2. The minimum atomic E-state index is 0.582. The first-order chi connectivity index (χ1) is 31.2. The van der Waals surface area contributed by atoms with Crippen molar-refractivity contribution in [1.29, 1.82) is 0 Å². The van der Waals surface area contributed by atoms with E-state index in [1.54, 1.807) is 0 Å². The van der Waals surface area contributed by atoms with Crippen molar-refractivity contribution < 1.29 is 8.83 Å². The average Bonchev–Trinajstić information content (AvgIpc) is 4.03. The van der Waals surface area contributed by atoms with Gasteiger partial charge in [0.15, 0.2) is 17.5 Å². The van der Waals surface area contributed by atoms with Gasteiger partial charge in [0.05, 0.1) is 11.0 Å². The second kappa shape index (κ2) is 14.1. The lowest BCUT2D eigenvalue weighted by Gasteiger charge is -2.16. The van der Waals surface area contributed by atoms with Crippen molar-refractivity contribution in [3.05, 3.63) is 211 Å². The van der Waals surface area contributed by atoms with Gasteiger partial charge in [0.25, 0.3) is 0 Å². The van der Waals surface area contributed by atoms with Crippen molar-refractivity contribution in [3.8, 4) is 51.0 Å². The fraction of sp³-hybridized carbons (Fsp3) is 0.0351. The molecular formula is C57H36N4O2. The monoisotopic (exact) mass is 808 g/mol. The molecule has 0 saturated carbocycles. The van der Waals surface area contributed by atoms with Crippen LogP contribution in [0.1, 0.15) is 23.3 Å². The maximum atomic E-state index is 6.73. The number of hydrogen-bond acceptors (Lipinski definition) is 5. The van der Waals surface area contributed by atoms with Crippen molar-refractivity contribution in [1.82, 2.24) is 19.5 Å². The van der Waals surface area contributed by atoms with Crippen LogP contribution in [0.2, 0.25) is 0 Å². The number of fused-ring (bicyclic) bond motifs is 9. The maximum absolute atomic E-state index is 6.73. The molecule has 0 radical (unpaired) electrons. The number of hydrogen-bond donors (Lipinski definition) is 0. The Balaban J connectivity index is 1.01. The topological polar surface area (TPSA) is 69.9 Å². The number of nitrogens with zero attached hydrogens (tertiary/aromatic N) is 4. The lowest BCUT2D eigenvalue weighted by atomic mass is 9.88. The van der Waals surface area contributed by atoms with Crippen molar-refractivity contribution in [3.63, 3.8) is 0 Å². The van der Waals surface area contributed by atoms with Crippen LogP contribution in [0.4, 0.5) is 0 Å². The molecule has 6 heteroatoms. The van der Waals surface area contributed by atoms with Crippen LogP contribution in [0.15, 0.2) is 203 Å². The Labute approximate surface area is 362 Å². The lowest BCUT2D eigenvalue weighted by Crippen LogP contribution is -2.02. The average molecular weight is 809 g/mol. The molecule has 0 bridgehead atoms. The van der Waals surface area contributed by atoms with Crippen LogP contribution < -0.4 is 0 Å². The van der Waals surface area contributed by atoms with E-state index in [1.807, 2.05) is 72.8 Å². The van der Waals surface area contributed by atoms with Gasteiger partial charge in [-0.3, -0.25) is 0 Å². The molecule has 0 amide bonds. The van der Waals surface area contributed by atoms with Crippen molar-refractivity contribution in [2.45, 2.75) is 12.8 Å². The van der Waals surface area contributed by atoms with Crippen LogP contribution in [0.5, 0.6) is 0 Å². The van der Waals surface area contributed by atoms with Gasteiger partial charge in [-0.15, -0.1) is 0 Å². The van der Waals surface area contributed by atoms with Gasteiger partial charge in [0.1, 0.15) is 22.5 Å². The van der Waals surface area contributed by atoms with Crippen LogP contribution in [-0.2, 0) is 6.42 Å². The Morgan fingerprint density at radius 2 is 1.05 bits per heavy atom. The summed E-state index contributed by atoms with van der Waals surface area (Å²) in [5, 5.41) is 5.49. The van der Waals surface area contributed by atoms with Crippen LogP contribution in [-0.4, -0.2) is 19.5 Å². The molecule has 6 nitrogen and oxygen atoms in total. The quantitative estimate of drug-likeness (QED) is 0.167. The first-order valence-corrected chi connectivity index (χ1v) is 21.4. The highest BCUT2D eigenvalue weighted by atomic mass is 16.3. The zero-order valence-corrected chi connectivity index (χ0v) is 34.0. The molecule has 1 aliphatic carbocycles. The zero-order valence-electron chi connectivity index (χ0n) is 34.0. The van der Waals surface area contributed by atoms with Gasteiger partial charge in [0.2, 0.25) is 0 Å². The van der Waals surface area contributed by atoms with E-state index in [0.717, 1.165) is 102 Å². The van der Waals surface area contributed by atoms with Gasteiger partial charge in [-0.25, -0.2) is 15.0 Å². The highest BCUT2D eigenvalue weighted by molar-refractivity contribution is 6.14. The fourth-order valence-corrected chi connectivity index (χ4v) is 9.64. The van der Waals surface area contributed by atoms with Crippen molar-refractivity contribution in [2.24, 2.45) is 0 Å². The molecule has 13 rings (SSSR count). The summed E-state index contributed by atoms with van der Waals surface area (Å²) < 4.78 is 15.8. The van der Waals surface area contributed by atoms with E-state index in [9.17, 15) is 0 Å². The molecule has 8 aromatic carbocycles. The molecule has 4 heterocycles. The third kappa shape index (κ3) is 5.76. The third-order valence-corrected chi connectivity index (χ3v) is 12.5. The molecule has 63 heavy (non-hydrogen) atoms. The highest BCUT2D eigenvalue weighted by Gasteiger charge is 2.26. The summed E-state index contributed by atoms with van der Waals surface area (Å²) in [6, 6.07) is 65.6. The van der Waals surface area contributed by atoms with E-state index >= 15 is 0 Å². The Morgan fingerprint density at radius 3 is 1.81 bits per heavy atom. The molecule has 0 atom stereocenters. The molecule has 12 aromatic rings. The summed E-state index contributed by atoms with van der Waals surface area (Å²) in [5.74, 6) is 2.79. The smallest absolute Gasteiger partial charge is 0.164 e. The lowest BCUT2D eigenvalue weighted by molar-refractivity contribution is 0.545. The van der Waals surface area contributed by atoms with Gasteiger partial charge < -0.3 is 13.4 Å². The predicted molar refractivity (Wildman–Crippen MR) is 255 cm³/mol. The van der Waals surface area contributed by atoms with E-state index in [4.69, 9.17) is 23.8 Å². The van der Waals surface area contributed by atoms with Crippen LogP contribution >= 0.6 is 0 Å². The largest absolute Gasteiger partial charge is 0.460 e. The van der Waals surface area contributed by atoms with Crippen LogP contribution in [0.25, 0.3) is 111 Å². The molecule has 0 N–H and O–H groups in total. The maximum Gasteiger partial charge on any atom is 0.164 e. The number of allylic oxidation sites excluding steroid dienone is 1. The zero-order chi connectivity index (χ0) is 41.4. The fourth-order valence-electron chi connectivity index (χ4n) is 9.64. The molecule has 0 fully saturated rings. The molecule has 0 saturated heterocycles. The molecule has 296 valence electrons. The molecule has 0 unspecified atom stereocenters. The predicted octanol–water partition coefficient (Wildman–Crippen LogP) is 14.7. The van der Waals surface area contributed by atoms with E-state index in [2.05, 4.69) is 126 Å². The second-order valence-corrected chi connectivity index (χ2v) is 16.2. The van der Waals surface area contributed by atoms with Crippen molar-refractivity contribution >= 4 is 60.3 Å². The summed E-state index contributed by atoms with van der Waals surface area (Å²) in [5.41, 5.74) is 14.2. The van der Waals surface area contributed by atoms with Gasteiger partial charge in [-0.1, -0.05) is 140 Å². The molecule has 0 aliphatic heterocycles. The number of aromatic nitrogens is 4. The minimum absolute atomic E-state index is 0.582. The Morgan fingerprint density at radius 1 is 0.413 bits per heavy atom. The van der Waals surface area contributed by atoms with Gasteiger partial charge in [-0.05, 0) is 83.3 Å². The van der Waals surface area contributed by atoms with Gasteiger partial charge >= 0.3 is 0 Å². The molecular weight excluding hydrogens is 773 g/mol. The number of aryl methyl sites for hydroxylation is 1. The highest BCUT2D eigenvalue weighted by Crippen LogP contribution is 2.45. The number of para-hydroxylation sites is 2. The summed E-state index contributed by atoms with van der Waals surface area (Å²) in [7, 11) is 0. The molecule has 0 spiro atoms. The van der Waals surface area contributed by atoms with Gasteiger partial charge in [0, 0.05) is 61.3 Å². The van der Waals surface area contributed by atoms with E-state index in [0.29, 0.717) is 17.5 Å². The first-order valence-electron chi connectivity index (χ1n) is 21.4. The second-order valence-electron chi connectivity index (χ2n) is 16.2. The first kappa shape index (κ1) is 35.4. The Hall–Kier alpha value is -8.35.